The number of carbonyl (C=O) groups excluding carboxylic acids is 2. The Morgan fingerprint density at radius 2 is 1.65 bits per heavy atom. The summed E-state index contributed by atoms with van der Waals surface area (Å²) in [4.78, 5) is 28.0. The summed E-state index contributed by atoms with van der Waals surface area (Å²) in [5.41, 5.74) is 13.6. The maximum absolute atomic E-state index is 13.1. The van der Waals surface area contributed by atoms with Crippen LogP contribution in [-0.2, 0) is 14.3 Å². The first-order valence-electron chi connectivity index (χ1n) is 21.8. The number of unbranched alkanes of at least 4 members (excludes halogenated alkanes) is 1. The van der Waals surface area contributed by atoms with Gasteiger partial charge in [0.2, 0.25) is 5.91 Å². The molecule has 0 aromatic carbocycles. The number of nitrogens with two attached hydrogens (primary N) is 2. The van der Waals surface area contributed by atoms with Crippen molar-refractivity contribution in [3.8, 4) is 0 Å². The number of amides is 1. The highest BCUT2D eigenvalue weighted by molar-refractivity contribution is 5.77. The zero-order valence-electron chi connectivity index (χ0n) is 34.0. The molecule has 1 amide bonds. The predicted octanol–water partition coefficient (Wildman–Crippen LogP) is 8.64. The van der Waals surface area contributed by atoms with Crippen LogP contribution in [0.25, 0.3) is 0 Å². The molecule has 7 nitrogen and oxygen atoms in total. The molecule has 0 bridgehead atoms. The van der Waals surface area contributed by atoms with Gasteiger partial charge in [-0.1, -0.05) is 66.0 Å². The second kappa shape index (κ2) is 20.3. The molecule has 4 rings (SSSR count). The second-order valence-corrected chi connectivity index (χ2v) is 18.3. The number of rotatable bonds is 22. The minimum Gasteiger partial charge on any atom is -0.462 e. The summed E-state index contributed by atoms with van der Waals surface area (Å²) in [7, 11) is 0. The highest BCUT2D eigenvalue weighted by Gasteiger charge is 2.59. The van der Waals surface area contributed by atoms with Crippen LogP contribution in [0.1, 0.15) is 157 Å². The summed E-state index contributed by atoms with van der Waals surface area (Å²) in [5, 5.41) is 3.41. The second-order valence-electron chi connectivity index (χ2n) is 18.3. The van der Waals surface area contributed by atoms with Gasteiger partial charge in [-0.25, -0.2) is 0 Å². The summed E-state index contributed by atoms with van der Waals surface area (Å²) >= 11 is 0. The lowest BCUT2D eigenvalue weighted by Gasteiger charge is -2.58. The van der Waals surface area contributed by atoms with Crippen molar-refractivity contribution in [2.45, 2.75) is 163 Å². The summed E-state index contributed by atoms with van der Waals surface area (Å²) in [6, 6.07) is 0. The van der Waals surface area contributed by atoms with Crippen LogP contribution >= 0.6 is 0 Å². The van der Waals surface area contributed by atoms with E-state index in [1.165, 1.54) is 51.4 Å². The lowest BCUT2D eigenvalue weighted by molar-refractivity contribution is -0.151. The first kappa shape index (κ1) is 42.3. The van der Waals surface area contributed by atoms with Crippen molar-refractivity contribution in [3.63, 3.8) is 0 Å². The average Bonchev–Trinajstić information content (AvgIpc) is 3.46. The number of hydrogen-bond acceptors (Lipinski definition) is 6. The Bertz CT molecular complexity index is 1110. The van der Waals surface area contributed by atoms with Gasteiger partial charge < -0.3 is 26.4 Å². The van der Waals surface area contributed by atoms with E-state index in [-0.39, 0.29) is 23.4 Å². The van der Waals surface area contributed by atoms with Crippen LogP contribution in [0.3, 0.4) is 0 Å². The van der Waals surface area contributed by atoms with Crippen LogP contribution in [0.15, 0.2) is 11.6 Å². The van der Waals surface area contributed by atoms with Gasteiger partial charge in [0, 0.05) is 32.4 Å². The van der Waals surface area contributed by atoms with E-state index < -0.39 is 0 Å². The molecular weight excluding hydrogens is 633 g/mol. The lowest BCUT2D eigenvalue weighted by Crippen LogP contribution is -2.51. The quantitative estimate of drug-likeness (QED) is 0.0589. The number of carbonyl (C=O) groups is 2. The van der Waals surface area contributed by atoms with Gasteiger partial charge in [-0.3, -0.25) is 9.59 Å². The molecule has 5 N–H and O–H groups in total. The third kappa shape index (κ3) is 10.8. The van der Waals surface area contributed by atoms with Crippen molar-refractivity contribution < 1.29 is 14.3 Å². The van der Waals surface area contributed by atoms with Crippen LogP contribution < -0.4 is 16.8 Å². The summed E-state index contributed by atoms with van der Waals surface area (Å²) in [6.07, 6.45) is 21.6. The SMILES string of the molecule is CC[C@H](CC[C@@H](C)[C@H]1CC[C@H]2[C@@H]3CC=C4C[C@@H](OC(=O)CCCC(=O)N(CCCN)CCCCNCCCN)CC[C@]4(C)[C@H]3CC[C@]12C)C(C)C. The van der Waals surface area contributed by atoms with Gasteiger partial charge in [0.05, 0.1) is 0 Å². The van der Waals surface area contributed by atoms with E-state index in [9.17, 15) is 9.59 Å². The molecule has 294 valence electrons. The highest BCUT2D eigenvalue weighted by Crippen LogP contribution is 2.67. The number of nitrogens with one attached hydrogen (secondary N) is 1. The molecule has 3 saturated carbocycles. The molecule has 0 saturated heterocycles. The Kier molecular flexibility index (Phi) is 16.8. The van der Waals surface area contributed by atoms with E-state index in [0.717, 1.165) is 106 Å². The van der Waals surface area contributed by atoms with Crippen molar-refractivity contribution in [2.75, 3.05) is 39.3 Å². The summed E-state index contributed by atoms with van der Waals surface area (Å²) in [6.45, 7) is 19.6. The van der Waals surface area contributed by atoms with Gasteiger partial charge in [0.25, 0.3) is 0 Å². The predicted molar refractivity (Wildman–Crippen MR) is 212 cm³/mol. The molecular formula is C44H80N4O3. The minimum absolute atomic E-state index is 0.0213. The van der Waals surface area contributed by atoms with E-state index in [1.807, 2.05) is 4.90 Å². The standard InChI is InChI=1S/C44H80N4O3/c1-7-34(32(2)3)16-15-33(4)38-19-20-39-37-18-17-35-31-36(21-23-43(35,5)40(37)22-24-44(38,39)6)51-42(50)14-10-13-41(49)48(30-12-26-46)29-9-8-27-47-28-11-25-45/h17,32-34,36-40,47H,7-16,18-31,45-46H2,1-6H3/t33-,34-,36+,37+,38-,39+,40+,43+,44-/m1/s1. The largest absolute Gasteiger partial charge is 0.462 e. The molecule has 0 aromatic heterocycles. The molecule has 0 aromatic rings. The Labute approximate surface area is 313 Å². The molecule has 51 heavy (non-hydrogen) atoms. The van der Waals surface area contributed by atoms with Crippen LogP contribution in [-0.4, -0.2) is 62.1 Å². The molecule has 7 heteroatoms. The van der Waals surface area contributed by atoms with Crippen molar-refractivity contribution in [3.05, 3.63) is 11.6 Å². The topological polar surface area (TPSA) is 111 Å². The minimum atomic E-state index is -0.138. The molecule has 3 fully saturated rings. The maximum Gasteiger partial charge on any atom is 0.306 e. The van der Waals surface area contributed by atoms with Crippen molar-refractivity contribution >= 4 is 11.9 Å². The Balaban J connectivity index is 1.23. The Hall–Kier alpha value is -1.44. The Morgan fingerprint density at radius 1 is 0.902 bits per heavy atom. The zero-order chi connectivity index (χ0) is 37.0. The highest BCUT2D eigenvalue weighted by atomic mass is 16.5. The molecule has 0 spiro atoms. The number of fused-ring (bicyclic) bond motifs is 5. The molecule has 4 aliphatic rings. The summed E-state index contributed by atoms with van der Waals surface area (Å²) in [5.74, 6) is 5.81. The third-order valence-corrected chi connectivity index (χ3v) is 14.9. The lowest BCUT2D eigenvalue weighted by atomic mass is 9.47. The van der Waals surface area contributed by atoms with Gasteiger partial charge in [-0.05, 0) is 162 Å². The molecule has 9 atom stereocenters. The molecule has 0 radical (unpaired) electrons. The molecule has 0 heterocycles. The number of nitrogens with zero attached hydrogens (tertiary/aromatic N) is 1. The van der Waals surface area contributed by atoms with Crippen LogP contribution in [0.4, 0.5) is 0 Å². The number of hydrogen-bond donors (Lipinski definition) is 3. The zero-order valence-corrected chi connectivity index (χ0v) is 34.0. The fourth-order valence-electron chi connectivity index (χ4n) is 11.7. The van der Waals surface area contributed by atoms with E-state index in [2.05, 4.69) is 52.9 Å². The van der Waals surface area contributed by atoms with E-state index >= 15 is 0 Å². The van der Waals surface area contributed by atoms with Crippen molar-refractivity contribution in [1.82, 2.24) is 10.2 Å². The summed E-state index contributed by atoms with van der Waals surface area (Å²) < 4.78 is 6.10. The number of allylic oxidation sites excluding steroid dienone is 1. The van der Waals surface area contributed by atoms with Gasteiger partial charge in [0.15, 0.2) is 0 Å². The fraction of sp³-hybridized carbons (Fsp3) is 0.909. The van der Waals surface area contributed by atoms with Gasteiger partial charge in [-0.2, -0.15) is 0 Å². The molecule has 4 aliphatic carbocycles. The normalized spacial score (nSPS) is 31.3. The first-order valence-corrected chi connectivity index (χ1v) is 21.8. The van der Waals surface area contributed by atoms with Gasteiger partial charge >= 0.3 is 5.97 Å². The molecule has 0 aliphatic heterocycles. The molecule has 0 unspecified atom stereocenters. The fourth-order valence-corrected chi connectivity index (χ4v) is 11.7. The first-order chi connectivity index (χ1) is 24.5. The smallest absolute Gasteiger partial charge is 0.306 e. The van der Waals surface area contributed by atoms with Crippen LogP contribution in [0.2, 0.25) is 0 Å². The third-order valence-electron chi connectivity index (χ3n) is 14.9. The van der Waals surface area contributed by atoms with Crippen molar-refractivity contribution in [2.24, 2.45) is 63.7 Å². The van der Waals surface area contributed by atoms with E-state index in [1.54, 1.807) is 5.57 Å². The number of esters is 1. The maximum atomic E-state index is 13.1. The monoisotopic (exact) mass is 713 g/mol. The van der Waals surface area contributed by atoms with Gasteiger partial charge in [-0.15, -0.1) is 0 Å². The van der Waals surface area contributed by atoms with Gasteiger partial charge in [0.1, 0.15) is 6.10 Å². The average molecular weight is 713 g/mol. The van der Waals surface area contributed by atoms with Crippen LogP contribution in [0, 0.1) is 52.3 Å². The van der Waals surface area contributed by atoms with Crippen LogP contribution in [0.5, 0.6) is 0 Å². The number of ether oxygens (including phenoxy) is 1. The Morgan fingerprint density at radius 3 is 2.37 bits per heavy atom. The van der Waals surface area contributed by atoms with E-state index in [0.29, 0.717) is 44.3 Å². The van der Waals surface area contributed by atoms with Crippen molar-refractivity contribution in [1.29, 1.82) is 0 Å². The van der Waals surface area contributed by atoms with E-state index in [4.69, 9.17) is 16.2 Å².